The number of carboxylic acids is 1. The Hall–Kier alpha value is -1.38. The minimum absolute atomic E-state index is 0.0324. The molecule has 2 aliphatic carbocycles. The third kappa shape index (κ3) is 1.39. The molecule has 14 heavy (non-hydrogen) atoms. The lowest BCUT2D eigenvalue weighted by atomic mass is 9.70. The van der Waals surface area contributed by atoms with Gasteiger partial charge in [-0.05, 0) is 24.8 Å². The minimum Gasteiger partial charge on any atom is -0.481 e. The van der Waals surface area contributed by atoms with Crippen LogP contribution in [0.1, 0.15) is 12.8 Å². The molecule has 0 saturated carbocycles. The van der Waals surface area contributed by atoms with Crippen LogP contribution in [0.2, 0.25) is 0 Å². The van der Waals surface area contributed by atoms with Crippen molar-refractivity contribution in [2.75, 3.05) is 0 Å². The van der Waals surface area contributed by atoms with Gasteiger partial charge in [-0.25, -0.2) is 0 Å². The molecule has 3 heteroatoms. The number of fused-ring (bicyclic) bond motifs is 1. The number of carboxylic acid groups (broad SMARTS) is 1. The number of carbonyl (C=O) groups excluding carboxylic acids is 1. The summed E-state index contributed by atoms with van der Waals surface area (Å²) in [6.45, 7) is 0. The lowest BCUT2D eigenvalue weighted by Gasteiger charge is -2.32. The van der Waals surface area contributed by atoms with Gasteiger partial charge in [0.1, 0.15) is 0 Å². The molecular formula is C11H12O3. The Kier molecular flexibility index (Phi) is 2.23. The molecule has 2 aliphatic rings. The normalized spacial score (nSPS) is 35.4. The van der Waals surface area contributed by atoms with E-state index in [1.165, 1.54) is 0 Å². The van der Waals surface area contributed by atoms with Crippen molar-refractivity contribution in [3.63, 3.8) is 0 Å². The minimum atomic E-state index is -0.820. The second kappa shape index (κ2) is 3.40. The molecule has 0 saturated heterocycles. The van der Waals surface area contributed by atoms with E-state index >= 15 is 0 Å². The van der Waals surface area contributed by atoms with Gasteiger partial charge < -0.3 is 5.11 Å². The fourth-order valence-electron chi connectivity index (χ4n) is 2.31. The van der Waals surface area contributed by atoms with Gasteiger partial charge in [0.25, 0.3) is 0 Å². The highest BCUT2D eigenvalue weighted by Crippen LogP contribution is 2.36. The Balaban J connectivity index is 2.28. The average molecular weight is 192 g/mol. The molecule has 0 aromatic rings. The number of ketones is 1. The van der Waals surface area contributed by atoms with Gasteiger partial charge >= 0.3 is 5.97 Å². The maximum atomic E-state index is 11.5. The van der Waals surface area contributed by atoms with Crippen LogP contribution in [0.5, 0.6) is 0 Å². The number of hydrogen-bond acceptors (Lipinski definition) is 2. The fourth-order valence-corrected chi connectivity index (χ4v) is 2.31. The summed E-state index contributed by atoms with van der Waals surface area (Å²) in [5.74, 6) is -1.36. The number of rotatable bonds is 1. The molecule has 2 rings (SSSR count). The summed E-state index contributed by atoms with van der Waals surface area (Å²) in [6.07, 6.45) is 8.31. The summed E-state index contributed by atoms with van der Waals surface area (Å²) in [7, 11) is 0. The van der Waals surface area contributed by atoms with Crippen LogP contribution in [0.3, 0.4) is 0 Å². The van der Waals surface area contributed by atoms with Crippen LogP contribution in [-0.2, 0) is 9.59 Å². The standard InChI is InChI=1S/C11H12O3/c12-10-6-2-3-7-8(10)4-1-5-9(7)11(13)14/h1-2,5-9H,3-4H2,(H,13,14)/t7-,8-,9+/m0/s1. The van der Waals surface area contributed by atoms with Gasteiger partial charge in [-0.15, -0.1) is 0 Å². The van der Waals surface area contributed by atoms with Crippen molar-refractivity contribution in [1.82, 2.24) is 0 Å². The van der Waals surface area contributed by atoms with E-state index in [0.717, 1.165) is 0 Å². The first kappa shape index (κ1) is 9.19. The Bertz CT molecular complexity index is 327. The van der Waals surface area contributed by atoms with Crippen LogP contribution in [0.25, 0.3) is 0 Å². The molecule has 3 nitrogen and oxygen atoms in total. The Morgan fingerprint density at radius 1 is 1.36 bits per heavy atom. The maximum absolute atomic E-state index is 11.5. The summed E-state index contributed by atoms with van der Waals surface area (Å²) in [5, 5.41) is 8.98. The first-order valence-corrected chi connectivity index (χ1v) is 4.80. The first-order chi connectivity index (χ1) is 6.70. The van der Waals surface area contributed by atoms with Crippen LogP contribution in [-0.4, -0.2) is 16.9 Å². The largest absolute Gasteiger partial charge is 0.481 e. The van der Waals surface area contributed by atoms with Crippen LogP contribution in [0.4, 0.5) is 0 Å². The third-order valence-electron chi connectivity index (χ3n) is 3.05. The van der Waals surface area contributed by atoms with Crippen molar-refractivity contribution < 1.29 is 14.7 Å². The molecular weight excluding hydrogens is 180 g/mol. The molecule has 0 amide bonds. The second-order valence-corrected chi connectivity index (χ2v) is 3.84. The van der Waals surface area contributed by atoms with E-state index in [9.17, 15) is 9.59 Å². The molecule has 0 spiro atoms. The molecule has 0 bridgehead atoms. The van der Waals surface area contributed by atoms with Crippen LogP contribution in [0, 0.1) is 17.8 Å². The molecule has 74 valence electrons. The molecule has 0 aliphatic heterocycles. The van der Waals surface area contributed by atoms with E-state index in [4.69, 9.17) is 5.11 Å². The number of carbonyl (C=O) groups is 2. The number of allylic oxidation sites excluding steroid dienone is 3. The lowest BCUT2D eigenvalue weighted by Crippen LogP contribution is -2.35. The molecule has 0 heterocycles. The fraction of sp³-hybridized carbons (Fsp3) is 0.455. The predicted octanol–water partition coefficient (Wildman–Crippen LogP) is 1.41. The van der Waals surface area contributed by atoms with Gasteiger partial charge in [-0.2, -0.15) is 0 Å². The van der Waals surface area contributed by atoms with E-state index in [-0.39, 0.29) is 17.6 Å². The highest BCUT2D eigenvalue weighted by atomic mass is 16.4. The van der Waals surface area contributed by atoms with Gasteiger partial charge in [-0.3, -0.25) is 9.59 Å². The third-order valence-corrected chi connectivity index (χ3v) is 3.05. The Labute approximate surface area is 82.1 Å². The van der Waals surface area contributed by atoms with Gasteiger partial charge in [0.15, 0.2) is 5.78 Å². The molecule has 0 aromatic carbocycles. The van der Waals surface area contributed by atoms with E-state index in [0.29, 0.717) is 12.8 Å². The molecule has 0 fully saturated rings. The summed E-state index contributed by atoms with van der Waals surface area (Å²) in [4.78, 5) is 22.4. The molecule has 0 radical (unpaired) electrons. The van der Waals surface area contributed by atoms with Crippen LogP contribution in [0.15, 0.2) is 24.3 Å². The van der Waals surface area contributed by atoms with Crippen molar-refractivity contribution in [1.29, 1.82) is 0 Å². The summed E-state index contributed by atoms with van der Waals surface area (Å²) in [6, 6.07) is 0. The van der Waals surface area contributed by atoms with Gasteiger partial charge in [-0.1, -0.05) is 18.2 Å². The summed E-state index contributed by atoms with van der Waals surface area (Å²) in [5.41, 5.74) is 0. The van der Waals surface area contributed by atoms with Crippen molar-refractivity contribution in [3.05, 3.63) is 24.3 Å². The maximum Gasteiger partial charge on any atom is 0.310 e. The zero-order valence-electron chi connectivity index (χ0n) is 7.72. The van der Waals surface area contributed by atoms with Crippen molar-refractivity contribution >= 4 is 11.8 Å². The van der Waals surface area contributed by atoms with Gasteiger partial charge in [0, 0.05) is 5.92 Å². The monoisotopic (exact) mass is 192 g/mol. The Morgan fingerprint density at radius 2 is 2.14 bits per heavy atom. The van der Waals surface area contributed by atoms with Gasteiger partial charge in [0.2, 0.25) is 0 Å². The van der Waals surface area contributed by atoms with E-state index in [2.05, 4.69) is 0 Å². The topological polar surface area (TPSA) is 54.4 Å². The van der Waals surface area contributed by atoms with E-state index in [1.807, 2.05) is 6.08 Å². The quantitative estimate of drug-likeness (QED) is 0.639. The zero-order valence-corrected chi connectivity index (χ0v) is 7.72. The van der Waals surface area contributed by atoms with Crippen molar-refractivity contribution in [2.24, 2.45) is 17.8 Å². The van der Waals surface area contributed by atoms with E-state index < -0.39 is 11.9 Å². The molecule has 1 N–H and O–H groups in total. The molecule has 3 atom stereocenters. The molecule has 0 aromatic heterocycles. The number of hydrogen-bond donors (Lipinski definition) is 1. The lowest BCUT2D eigenvalue weighted by molar-refractivity contribution is -0.143. The second-order valence-electron chi connectivity index (χ2n) is 3.84. The average Bonchev–Trinajstić information content (AvgIpc) is 2.17. The van der Waals surface area contributed by atoms with Crippen molar-refractivity contribution in [2.45, 2.75) is 12.8 Å². The molecule has 0 unspecified atom stereocenters. The first-order valence-electron chi connectivity index (χ1n) is 4.80. The summed E-state index contributed by atoms with van der Waals surface area (Å²) < 4.78 is 0. The summed E-state index contributed by atoms with van der Waals surface area (Å²) >= 11 is 0. The van der Waals surface area contributed by atoms with Crippen LogP contribution >= 0.6 is 0 Å². The highest BCUT2D eigenvalue weighted by Gasteiger charge is 2.38. The Morgan fingerprint density at radius 3 is 2.86 bits per heavy atom. The van der Waals surface area contributed by atoms with Gasteiger partial charge in [0.05, 0.1) is 5.92 Å². The van der Waals surface area contributed by atoms with Crippen molar-refractivity contribution in [3.8, 4) is 0 Å². The zero-order chi connectivity index (χ0) is 10.1. The SMILES string of the molecule is O=C1C=CC[C@H]2[C@@H]1CC=C[C@H]2C(=O)O. The van der Waals surface area contributed by atoms with E-state index in [1.54, 1.807) is 18.2 Å². The number of aliphatic carboxylic acids is 1. The van der Waals surface area contributed by atoms with Crippen LogP contribution < -0.4 is 0 Å². The highest BCUT2D eigenvalue weighted by molar-refractivity contribution is 5.93. The smallest absolute Gasteiger partial charge is 0.310 e. The predicted molar refractivity (Wildman–Crippen MR) is 50.6 cm³/mol.